The predicted molar refractivity (Wildman–Crippen MR) is 130 cm³/mol. The lowest BCUT2D eigenvalue weighted by molar-refractivity contribution is 0.0948. The van der Waals surface area contributed by atoms with Gasteiger partial charge in [0.25, 0.3) is 11.8 Å². The second kappa shape index (κ2) is 10.2. The first-order valence-corrected chi connectivity index (χ1v) is 11.2. The summed E-state index contributed by atoms with van der Waals surface area (Å²) in [6, 6.07) is 15.1. The third-order valence-electron chi connectivity index (χ3n) is 5.51. The minimum absolute atomic E-state index is 0.0363. The molecule has 34 heavy (non-hydrogen) atoms. The zero-order valence-corrected chi connectivity index (χ0v) is 19.2. The molecule has 0 fully saturated rings. The van der Waals surface area contributed by atoms with Gasteiger partial charge in [-0.05, 0) is 31.5 Å². The van der Waals surface area contributed by atoms with E-state index in [-0.39, 0.29) is 23.7 Å². The third-order valence-corrected chi connectivity index (χ3v) is 5.51. The van der Waals surface area contributed by atoms with Gasteiger partial charge in [0.2, 0.25) is 5.43 Å². The number of amides is 2. The first kappa shape index (κ1) is 23.0. The van der Waals surface area contributed by atoms with E-state index >= 15 is 0 Å². The lowest BCUT2D eigenvalue weighted by Crippen LogP contribution is -2.36. The molecular weight excluding hydrogens is 430 g/mol. The number of nitrogens with zero attached hydrogens (tertiary/aromatic N) is 3. The van der Waals surface area contributed by atoms with Crippen LogP contribution in [0, 0.1) is 0 Å². The molecule has 0 aliphatic carbocycles. The Balaban J connectivity index is 1.48. The molecule has 0 spiro atoms. The van der Waals surface area contributed by atoms with E-state index in [1.807, 2.05) is 79.2 Å². The fourth-order valence-corrected chi connectivity index (χ4v) is 3.60. The fourth-order valence-electron chi connectivity index (χ4n) is 3.60. The molecule has 0 saturated carbocycles. The number of benzene rings is 1. The van der Waals surface area contributed by atoms with Crippen LogP contribution in [0.1, 0.15) is 51.9 Å². The number of hydrogen-bond donors (Lipinski definition) is 2. The van der Waals surface area contributed by atoms with Gasteiger partial charge in [0.15, 0.2) is 0 Å². The van der Waals surface area contributed by atoms with Crippen molar-refractivity contribution in [2.45, 2.75) is 32.9 Å². The molecule has 3 aromatic heterocycles. The maximum absolute atomic E-state index is 13.0. The van der Waals surface area contributed by atoms with E-state index < -0.39 is 17.2 Å². The van der Waals surface area contributed by atoms with Crippen molar-refractivity contribution >= 4 is 17.5 Å². The average Bonchev–Trinajstić information content (AvgIpc) is 3.26. The van der Waals surface area contributed by atoms with Crippen LogP contribution < -0.4 is 16.1 Å². The van der Waals surface area contributed by atoms with Gasteiger partial charge in [0.05, 0.1) is 5.69 Å². The van der Waals surface area contributed by atoms with Crippen LogP contribution in [0.3, 0.4) is 0 Å². The highest BCUT2D eigenvalue weighted by atomic mass is 16.2. The molecule has 8 nitrogen and oxygen atoms in total. The summed E-state index contributed by atoms with van der Waals surface area (Å²) in [7, 11) is 0. The van der Waals surface area contributed by atoms with E-state index in [4.69, 9.17) is 0 Å². The number of rotatable bonds is 8. The average molecular weight is 458 g/mol. The number of pyridine rings is 2. The Morgan fingerprint density at radius 2 is 1.59 bits per heavy atom. The van der Waals surface area contributed by atoms with Gasteiger partial charge in [-0.1, -0.05) is 36.4 Å². The second-order valence-corrected chi connectivity index (χ2v) is 8.33. The highest BCUT2D eigenvalue weighted by molar-refractivity contribution is 5.99. The zero-order valence-electron chi connectivity index (χ0n) is 19.2. The molecule has 174 valence electrons. The van der Waals surface area contributed by atoms with E-state index in [1.165, 1.54) is 12.4 Å². The van der Waals surface area contributed by atoms with Crippen LogP contribution in [0.15, 0.2) is 78.1 Å². The summed E-state index contributed by atoms with van der Waals surface area (Å²) in [4.78, 5) is 43.2. The first-order chi connectivity index (χ1) is 16.4. The highest BCUT2D eigenvalue weighted by Crippen LogP contribution is 2.09. The molecule has 0 aliphatic heterocycles. The summed E-state index contributed by atoms with van der Waals surface area (Å²) in [5.41, 5.74) is 1.88. The van der Waals surface area contributed by atoms with Crippen LogP contribution in [-0.2, 0) is 13.0 Å². The zero-order chi connectivity index (χ0) is 24.1. The molecule has 0 unspecified atom stereocenters. The molecular formula is C26H27N5O3. The molecule has 0 atom stereocenters. The smallest absolute Gasteiger partial charge is 0.257 e. The molecule has 1 aromatic carbocycles. The van der Waals surface area contributed by atoms with Crippen LogP contribution in [0.25, 0.3) is 5.65 Å². The standard InChI is InChI=1S/C26H27N5O3/c1-18(2)31-16-21(24(32)22(17-31)26(34)28-14-19-8-4-3-5-9-19)25(33)27-12-11-20-15-30-13-7-6-10-23(30)29-20/h3-10,13,15-18H,11-12,14H2,1-2H3,(H,27,33)(H,28,34). The van der Waals surface area contributed by atoms with Crippen molar-refractivity contribution in [1.82, 2.24) is 24.6 Å². The van der Waals surface area contributed by atoms with Gasteiger partial charge in [-0.2, -0.15) is 0 Å². The molecule has 0 bridgehead atoms. The molecule has 0 aliphatic rings. The van der Waals surface area contributed by atoms with E-state index in [0.29, 0.717) is 13.0 Å². The van der Waals surface area contributed by atoms with Crippen molar-refractivity contribution in [1.29, 1.82) is 0 Å². The molecule has 4 aromatic rings. The van der Waals surface area contributed by atoms with Crippen molar-refractivity contribution in [2.75, 3.05) is 6.54 Å². The van der Waals surface area contributed by atoms with Crippen LogP contribution in [0.5, 0.6) is 0 Å². The Hall–Kier alpha value is -4.20. The maximum atomic E-state index is 13.0. The van der Waals surface area contributed by atoms with E-state index in [2.05, 4.69) is 15.6 Å². The number of fused-ring (bicyclic) bond motifs is 1. The summed E-state index contributed by atoms with van der Waals surface area (Å²) >= 11 is 0. The summed E-state index contributed by atoms with van der Waals surface area (Å²) in [6.45, 7) is 4.44. The molecule has 0 saturated heterocycles. The number of hydrogen-bond acceptors (Lipinski definition) is 4. The molecule has 3 heterocycles. The Labute approximate surface area is 197 Å². The Bertz CT molecular complexity index is 1340. The molecule has 4 rings (SSSR count). The van der Waals surface area contributed by atoms with Gasteiger partial charge in [0.1, 0.15) is 16.8 Å². The SMILES string of the molecule is CC(C)n1cc(C(=O)NCCc2cn3ccccc3n2)c(=O)c(C(=O)NCc2ccccc2)c1. The summed E-state index contributed by atoms with van der Waals surface area (Å²) in [6.07, 6.45) is 7.34. The van der Waals surface area contributed by atoms with Crippen molar-refractivity contribution in [2.24, 2.45) is 0 Å². The third kappa shape index (κ3) is 5.23. The number of carbonyl (C=O) groups is 2. The minimum Gasteiger partial charge on any atom is -0.351 e. The monoisotopic (exact) mass is 457 g/mol. The van der Waals surface area contributed by atoms with Crippen LogP contribution in [0.4, 0.5) is 0 Å². The van der Waals surface area contributed by atoms with Crippen molar-refractivity contribution in [3.8, 4) is 0 Å². The van der Waals surface area contributed by atoms with E-state index in [9.17, 15) is 14.4 Å². The lowest BCUT2D eigenvalue weighted by Gasteiger charge is -2.15. The summed E-state index contributed by atoms with van der Waals surface area (Å²) in [5.74, 6) is -1.02. The van der Waals surface area contributed by atoms with Gasteiger partial charge in [-0.3, -0.25) is 14.4 Å². The van der Waals surface area contributed by atoms with Crippen LogP contribution in [-0.4, -0.2) is 32.3 Å². The Morgan fingerprint density at radius 3 is 2.26 bits per heavy atom. The summed E-state index contributed by atoms with van der Waals surface area (Å²) in [5, 5.41) is 5.56. The Kier molecular flexibility index (Phi) is 6.87. The van der Waals surface area contributed by atoms with Crippen LogP contribution >= 0.6 is 0 Å². The number of carbonyl (C=O) groups excluding carboxylic acids is 2. The van der Waals surface area contributed by atoms with Gasteiger partial charge in [-0.25, -0.2) is 4.98 Å². The molecule has 2 amide bonds. The number of nitrogens with one attached hydrogen (secondary N) is 2. The predicted octanol–water partition coefficient (Wildman–Crippen LogP) is 2.98. The van der Waals surface area contributed by atoms with Crippen LogP contribution in [0.2, 0.25) is 0 Å². The van der Waals surface area contributed by atoms with Crippen molar-refractivity contribution in [3.05, 3.63) is 106 Å². The Morgan fingerprint density at radius 1 is 0.912 bits per heavy atom. The normalized spacial score (nSPS) is 11.0. The summed E-state index contributed by atoms with van der Waals surface area (Å²) < 4.78 is 3.62. The maximum Gasteiger partial charge on any atom is 0.257 e. The van der Waals surface area contributed by atoms with Crippen molar-refractivity contribution < 1.29 is 9.59 Å². The van der Waals surface area contributed by atoms with Gasteiger partial charge < -0.3 is 19.6 Å². The fraction of sp³-hybridized carbons (Fsp3) is 0.231. The van der Waals surface area contributed by atoms with E-state index in [0.717, 1.165) is 16.9 Å². The lowest BCUT2D eigenvalue weighted by atomic mass is 10.1. The minimum atomic E-state index is -0.590. The highest BCUT2D eigenvalue weighted by Gasteiger charge is 2.20. The van der Waals surface area contributed by atoms with Crippen molar-refractivity contribution in [3.63, 3.8) is 0 Å². The molecule has 2 N–H and O–H groups in total. The number of aromatic nitrogens is 3. The molecule has 0 radical (unpaired) electrons. The number of imidazole rings is 1. The van der Waals surface area contributed by atoms with Gasteiger partial charge in [-0.15, -0.1) is 0 Å². The second-order valence-electron chi connectivity index (χ2n) is 8.33. The largest absolute Gasteiger partial charge is 0.351 e. The quantitative estimate of drug-likeness (QED) is 0.425. The van der Waals surface area contributed by atoms with Gasteiger partial charge in [0, 0.05) is 50.3 Å². The van der Waals surface area contributed by atoms with E-state index in [1.54, 1.807) is 4.57 Å². The first-order valence-electron chi connectivity index (χ1n) is 11.2. The molecule has 8 heteroatoms. The van der Waals surface area contributed by atoms with Gasteiger partial charge >= 0.3 is 0 Å². The topological polar surface area (TPSA) is 97.5 Å².